The number of aromatic nitrogens is 2. The molecule has 0 atom stereocenters. The van der Waals surface area contributed by atoms with Gasteiger partial charge in [-0.2, -0.15) is 0 Å². The van der Waals surface area contributed by atoms with Crippen molar-refractivity contribution in [2.24, 2.45) is 0 Å². The number of hydrogen-bond acceptors (Lipinski definition) is 3. The lowest BCUT2D eigenvalue weighted by atomic mass is 10.1. The lowest BCUT2D eigenvalue weighted by Crippen LogP contribution is -2.33. The van der Waals surface area contributed by atoms with E-state index in [0.717, 1.165) is 31.0 Å². The van der Waals surface area contributed by atoms with Crippen molar-refractivity contribution in [1.29, 1.82) is 0 Å². The number of hydrogen-bond donors (Lipinski definition) is 1. The summed E-state index contributed by atoms with van der Waals surface area (Å²) in [5.41, 5.74) is 0.748. The smallest absolute Gasteiger partial charge is 0.138 e. The summed E-state index contributed by atoms with van der Waals surface area (Å²) in [6, 6.07) is 3.30. The lowest BCUT2D eigenvalue weighted by Gasteiger charge is -2.27. The number of phenols is 1. The first-order chi connectivity index (χ1) is 9.13. The molecular weight excluding hydrogens is 285 g/mol. The van der Waals surface area contributed by atoms with Crippen LogP contribution in [0, 0.1) is 0 Å². The van der Waals surface area contributed by atoms with E-state index in [-0.39, 0.29) is 5.75 Å². The number of benzene rings is 1. The monoisotopic (exact) mass is 297 g/mol. The molecule has 6 heteroatoms. The molecule has 1 aliphatic heterocycles. The normalized spacial score (nSPS) is 15.5. The van der Waals surface area contributed by atoms with Crippen molar-refractivity contribution in [3.05, 3.63) is 46.0 Å². The van der Waals surface area contributed by atoms with Crippen LogP contribution in [0.2, 0.25) is 10.0 Å². The number of fused-ring (bicyclic) bond motifs is 1. The molecule has 0 spiro atoms. The molecule has 0 radical (unpaired) electrons. The highest BCUT2D eigenvalue weighted by Gasteiger charge is 2.18. The topological polar surface area (TPSA) is 41.3 Å². The zero-order valence-electron chi connectivity index (χ0n) is 10.2. The summed E-state index contributed by atoms with van der Waals surface area (Å²) in [6.07, 6.45) is 3.80. The van der Waals surface area contributed by atoms with Crippen LogP contribution in [0.4, 0.5) is 0 Å². The van der Waals surface area contributed by atoms with Crippen LogP contribution >= 0.6 is 23.2 Å². The van der Waals surface area contributed by atoms with Gasteiger partial charge in [-0.25, -0.2) is 4.98 Å². The maximum Gasteiger partial charge on any atom is 0.138 e. The van der Waals surface area contributed by atoms with E-state index in [1.165, 1.54) is 0 Å². The SMILES string of the molecule is Oc1c(Cl)cc(Cl)cc1CN1CCn2ccnc2C1. The Balaban J connectivity index is 1.80. The number of aromatic hydroxyl groups is 1. The maximum atomic E-state index is 9.97. The zero-order valence-corrected chi connectivity index (χ0v) is 11.7. The number of rotatable bonds is 2. The molecule has 3 rings (SSSR count). The van der Waals surface area contributed by atoms with Crippen LogP contribution in [0.25, 0.3) is 0 Å². The highest BCUT2D eigenvalue weighted by Crippen LogP contribution is 2.32. The summed E-state index contributed by atoms with van der Waals surface area (Å²) in [4.78, 5) is 6.53. The lowest BCUT2D eigenvalue weighted by molar-refractivity contribution is 0.206. The molecule has 1 aromatic carbocycles. The second-order valence-electron chi connectivity index (χ2n) is 4.64. The summed E-state index contributed by atoms with van der Waals surface area (Å²) in [5, 5.41) is 10.8. The summed E-state index contributed by atoms with van der Waals surface area (Å²) in [7, 11) is 0. The van der Waals surface area contributed by atoms with Gasteiger partial charge in [0.25, 0.3) is 0 Å². The van der Waals surface area contributed by atoms with Crippen LogP contribution in [-0.2, 0) is 19.6 Å². The van der Waals surface area contributed by atoms with Crippen LogP contribution < -0.4 is 0 Å². The van der Waals surface area contributed by atoms with Crippen molar-refractivity contribution in [2.75, 3.05) is 6.54 Å². The van der Waals surface area contributed by atoms with E-state index in [0.29, 0.717) is 16.6 Å². The molecule has 1 aliphatic rings. The highest BCUT2D eigenvalue weighted by molar-refractivity contribution is 6.35. The molecule has 2 heterocycles. The minimum Gasteiger partial charge on any atom is -0.506 e. The molecule has 0 amide bonds. The molecular formula is C13H13Cl2N3O. The van der Waals surface area contributed by atoms with Gasteiger partial charge >= 0.3 is 0 Å². The molecule has 2 aromatic rings. The minimum atomic E-state index is 0.111. The van der Waals surface area contributed by atoms with Gasteiger partial charge in [-0.3, -0.25) is 4.90 Å². The maximum absolute atomic E-state index is 9.97. The standard InChI is InChI=1S/C13H13Cl2N3O/c14-10-5-9(13(19)11(15)6-10)7-17-3-4-18-2-1-16-12(18)8-17/h1-2,5-6,19H,3-4,7-8H2. The van der Waals surface area contributed by atoms with Crippen molar-refractivity contribution in [3.8, 4) is 5.75 Å². The van der Waals surface area contributed by atoms with Crippen LogP contribution in [0.5, 0.6) is 5.75 Å². The first kappa shape index (κ1) is 12.8. The van der Waals surface area contributed by atoms with Crippen molar-refractivity contribution in [3.63, 3.8) is 0 Å². The summed E-state index contributed by atoms with van der Waals surface area (Å²) in [6.45, 7) is 3.19. The molecule has 0 aliphatic carbocycles. The van der Waals surface area contributed by atoms with Gasteiger partial charge in [-0.15, -0.1) is 0 Å². The third kappa shape index (κ3) is 2.56. The number of phenolic OH excluding ortho intramolecular Hbond substituents is 1. The van der Waals surface area contributed by atoms with Crippen LogP contribution in [0.3, 0.4) is 0 Å². The fraction of sp³-hybridized carbons (Fsp3) is 0.308. The Morgan fingerprint density at radius 2 is 2.11 bits per heavy atom. The predicted molar refractivity (Wildman–Crippen MR) is 74.5 cm³/mol. The molecule has 0 saturated heterocycles. The van der Waals surface area contributed by atoms with Crippen LogP contribution in [0.15, 0.2) is 24.5 Å². The van der Waals surface area contributed by atoms with Crippen molar-refractivity contribution in [1.82, 2.24) is 14.5 Å². The molecule has 0 fully saturated rings. The average molecular weight is 298 g/mol. The Labute approximate surface area is 121 Å². The van der Waals surface area contributed by atoms with Crippen molar-refractivity contribution < 1.29 is 5.11 Å². The Bertz CT molecular complexity index is 612. The molecule has 1 aromatic heterocycles. The van der Waals surface area contributed by atoms with Gasteiger partial charge in [-0.1, -0.05) is 23.2 Å². The van der Waals surface area contributed by atoms with E-state index in [9.17, 15) is 5.11 Å². The van der Waals surface area contributed by atoms with Gasteiger partial charge in [-0.05, 0) is 12.1 Å². The fourth-order valence-corrected chi connectivity index (χ4v) is 2.87. The molecule has 0 unspecified atom stereocenters. The van der Waals surface area contributed by atoms with Crippen molar-refractivity contribution >= 4 is 23.2 Å². The van der Waals surface area contributed by atoms with E-state index >= 15 is 0 Å². The predicted octanol–water partition coefficient (Wildman–Crippen LogP) is 2.91. The van der Waals surface area contributed by atoms with E-state index in [1.807, 2.05) is 12.4 Å². The number of halogens is 2. The van der Waals surface area contributed by atoms with Gasteiger partial charge < -0.3 is 9.67 Å². The van der Waals surface area contributed by atoms with E-state index in [1.54, 1.807) is 12.1 Å². The first-order valence-electron chi connectivity index (χ1n) is 6.03. The Hall–Kier alpha value is -1.23. The summed E-state index contributed by atoms with van der Waals surface area (Å²) in [5.74, 6) is 1.15. The Kier molecular flexibility index (Phi) is 3.39. The molecule has 4 nitrogen and oxygen atoms in total. The first-order valence-corrected chi connectivity index (χ1v) is 6.78. The Morgan fingerprint density at radius 1 is 1.26 bits per heavy atom. The highest BCUT2D eigenvalue weighted by atomic mass is 35.5. The number of nitrogens with zero attached hydrogens (tertiary/aromatic N) is 3. The summed E-state index contributed by atoms with van der Waals surface area (Å²) >= 11 is 11.9. The molecule has 19 heavy (non-hydrogen) atoms. The molecule has 100 valence electrons. The third-order valence-electron chi connectivity index (χ3n) is 3.32. The van der Waals surface area contributed by atoms with Gasteiger partial charge in [0.2, 0.25) is 0 Å². The minimum absolute atomic E-state index is 0.111. The molecule has 0 bridgehead atoms. The van der Waals surface area contributed by atoms with E-state index < -0.39 is 0 Å². The van der Waals surface area contributed by atoms with Gasteiger partial charge in [0, 0.05) is 42.6 Å². The average Bonchev–Trinajstić information content (AvgIpc) is 2.82. The zero-order chi connectivity index (χ0) is 13.4. The van der Waals surface area contributed by atoms with Gasteiger partial charge in [0.1, 0.15) is 11.6 Å². The second-order valence-corrected chi connectivity index (χ2v) is 5.49. The quantitative estimate of drug-likeness (QED) is 0.927. The molecule has 0 saturated carbocycles. The summed E-state index contributed by atoms with van der Waals surface area (Å²) < 4.78 is 2.14. The Morgan fingerprint density at radius 3 is 2.95 bits per heavy atom. The van der Waals surface area contributed by atoms with Crippen LogP contribution in [0.1, 0.15) is 11.4 Å². The number of imidazole rings is 1. The largest absolute Gasteiger partial charge is 0.506 e. The van der Waals surface area contributed by atoms with Gasteiger partial charge in [0.15, 0.2) is 0 Å². The van der Waals surface area contributed by atoms with E-state index in [4.69, 9.17) is 23.2 Å². The molecule has 1 N–H and O–H groups in total. The second kappa shape index (κ2) is 5.04. The third-order valence-corrected chi connectivity index (χ3v) is 3.83. The van der Waals surface area contributed by atoms with E-state index in [2.05, 4.69) is 14.5 Å². The van der Waals surface area contributed by atoms with Crippen LogP contribution in [-0.4, -0.2) is 26.1 Å². The van der Waals surface area contributed by atoms with Crippen molar-refractivity contribution in [2.45, 2.75) is 19.6 Å². The fourth-order valence-electron chi connectivity index (χ4n) is 2.34. The van der Waals surface area contributed by atoms with Gasteiger partial charge in [0.05, 0.1) is 11.6 Å².